The lowest BCUT2D eigenvalue weighted by atomic mass is 9.80. The highest BCUT2D eigenvalue weighted by atomic mass is 19.4. The average Bonchev–Trinajstić information content (AvgIpc) is 2.28. The number of fused-ring (bicyclic) bond motifs is 1. The molecule has 0 amide bonds. The molecule has 1 heterocycles. The van der Waals surface area contributed by atoms with E-state index in [4.69, 9.17) is 0 Å². The largest absolute Gasteiger partial charge is 0.506 e. The summed E-state index contributed by atoms with van der Waals surface area (Å²) in [6.07, 6.45) is 1.84. The highest BCUT2D eigenvalue weighted by molar-refractivity contribution is 6.66. The van der Waals surface area contributed by atoms with E-state index >= 15 is 0 Å². The van der Waals surface area contributed by atoms with E-state index in [9.17, 15) is 12.9 Å². The normalized spacial score (nSPS) is 15.6. The van der Waals surface area contributed by atoms with Crippen LogP contribution in [0.5, 0.6) is 0 Å². The third-order valence-corrected chi connectivity index (χ3v) is 3.06. The van der Waals surface area contributed by atoms with Crippen molar-refractivity contribution in [1.29, 1.82) is 0 Å². The summed E-state index contributed by atoms with van der Waals surface area (Å²) in [5.41, 5.74) is 1.42. The lowest BCUT2D eigenvalue weighted by Gasteiger charge is -2.34. The molecule has 1 aromatic carbocycles. The maximum absolute atomic E-state index is 12.5. The van der Waals surface area contributed by atoms with Gasteiger partial charge in [0, 0.05) is 18.8 Å². The van der Waals surface area contributed by atoms with Crippen molar-refractivity contribution in [1.82, 2.24) is 0 Å². The van der Waals surface area contributed by atoms with Gasteiger partial charge in [0.15, 0.2) is 0 Å². The molecule has 1 aromatic rings. The van der Waals surface area contributed by atoms with Gasteiger partial charge in [-0.05, 0) is 24.5 Å². The minimum atomic E-state index is -4.93. The van der Waals surface area contributed by atoms with Crippen LogP contribution in [-0.4, -0.2) is 20.1 Å². The molecule has 0 N–H and O–H groups in total. The number of hydrogen-bond donors (Lipinski definition) is 0. The zero-order valence-electron chi connectivity index (χ0n) is 9.50. The van der Waals surface area contributed by atoms with Crippen molar-refractivity contribution >= 4 is 12.7 Å². The van der Waals surface area contributed by atoms with Gasteiger partial charge in [-0.2, -0.15) is 0 Å². The fraction of sp³-hybridized carbons (Fsp3) is 0.333. The smallest absolute Gasteiger partial charge is 0.445 e. The van der Waals surface area contributed by atoms with Crippen molar-refractivity contribution < 1.29 is 12.9 Å². The molecule has 0 saturated carbocycles. The molecule has 0 spiro atoms. The summed E-state index contributed by atoms with van der Waals surface area (Å²) in [5, 5.41) is 0. The molecule has 1 aliphatic rings. The second-order valence-corrected chi connectivity index (χ2v) is 4.39. The molecule has 0 bridgehead atoms. The topological polar surface area (TPSA) is 3.24 Å². The Bertz CT molecular complexity index is 428. The van der Waals surface area contributed by atoms with Crippen LogP contribution in [0.4, 0.5) is 18.6 Å². The molecule has 92 valence electrons. The predicted octanol–water partition coefficient (Wildman–Crippen LogP) is 3.38. The molecule has 17 heavy (non-hydrogen) atoms. The number of nitrogens with zero attached hydrogens (tertiary/aromatic N) is 1. The maximum Gasteiger partial charge on any atom is 0.506 e. The fourth-order valence-corrected chi connectivity index (χ4v) is 2.12. The van der Waals surface area contributed by atoms with Crippen molar-refractivity contribution in [3.63, 3.8) is 0 Å². The van der Waals surface area contributed by atoms with E-state index in [0.29, 0.717) is 6.54 Å². The van der Waals surface area contributed by atoms with Gasteiger partial charge in [-0.15, -0.1) is 12.1 Å². The average molecular weight is 240 g/mol. The van der Waals surface area contributed by atoms with Crippen LogP contribution in [0.3, 0.4) is 0 Å². The van der Waals surface area contributed by atoms with Gasteiger partial charge in [-0.3, -0.25) is 0 Å². The maximum atomic E-state index is 12.5. The van der Waals surface area contributed by atoms with E-state index in [2.05, 4.69) is 6.58 Å². The summed E-state index contributed by atoms with van der Waals surface area (Å²) in [4.78, 5) is 1.77. The van der Waals surface area contributed by atoms with Crippen LogP contribution >= 0.6 is 0 Å². The van der Waals surface area contributed by atoms with Gasteiger partial charge in [0.05, 0.1) is 0 Å². The zero-order chi connectivity index (χ0) is 12.5. The van der Waals surface area contributed by atoms with Crippen LogP contribution in [0.15, 0.2) is 36.3 Å². The summed E-state index contributed by atoms with van der Waals surface area (Å²) >= 11 is 0. The Morgan fingerprint density at radius 1 is 1.29 bits per heavy atom. The van der Waals surface area contributed by atoms with Gasteiger partial charge < -0.3 is 17.8 Å². The Balaban J connectivity index is 2.17. The number of anilines is 1. The van der Waals surface area contributed by atoms with Crippen molar-refractivity contribution in [2.45, 2.75) is 12.8 Å². The first kappa shape index (κ1) is 12.1. The molecule has 0 fully saturated rings. The van der Waals surface area contributed by atoms with E-state index in [-0.39, 0.29) is 6.54 Å². The Morgan fingerprint density at radius 3 is 2.71 bits per heavy atom. The minimum absolute atomic E-state index is 0.111. The monoisotopic (exact) mass is 240 g/mol. The number of hydrogen-bond acceptors (Lipinski definition) is 1. The molecule has 2 rings (SSSR count). The van der Waals surface area contributed by atoms with Crippen molar-refractivity contribution in [2.75, 3.05) is 18.0 Å². The lowest BCUT2D eigenvalue weighted by molar-refractivity contribution is 0.487. The van der Waals surface area contributed by atoms with Gasteiger partial charge in [-0.25, -0.2) is 0 Å². The molecule has 0 atom stereocenters. The molecule has 1 nitrogen and oxygen atoms in total. The molecule has 5 heteroatoms. The lowest BCUT2D eigenvalue weighted by Crippen LogP contribution is -2.35. The fourth-order valence-electron chi connectivity index (χ4n) is 2.12. The first-order valence-electron chi connectivity index (χ1n) is 5.69. The number of aryl methyl sites for hydroxylation is 1. The van der Waals surface area contributed by atoms with Gasteiger partial charge in [-0.1, -0.05) is 18.2 Å². The summed E-state index contributed by atoms with van der Waals surface area (Å²) in [5.74, 6) is 0. The van der Waals surface area contributed by atoms with Crippen LogP contribution < -0.4 is 4.90 Å². The predicted molar refractivity (Wildman–Crippen MR) is 65.2 cm³/mol. The van der Waals surface area contributed by atoms with Crippen molar-refractivity contribution in [2.24, 2.45) is 0 Å². The van der Waals surface area contributed by atoms with Gasteiger partial charge in [0.25, 0.3) is 0 Å². The van der Waals surface area contributed by atoms with Gasteiger partial charge in [0.1, 0.15) is 0 Å². The van der Waals surface area contributed by atoms with Crippen LogP contribution in [0, 0.1) is 0 Å². The van der Waals surface area contributed by atoms with Crippen molar-refractivity contribution in [3.8, 4) is 0 Å². The van der Waals surface area contributed by atoms with Crippen LogP contribution in [-0.2, 0) is 6.42 Å². The first-order valence-corrected chi connectivity index (χ1v) is 5.69. The van der Waals surface area contributed by atoms with Crippen LogP contribution in [0.2, 0.25) is 0 Å². The SMILES string of the molecule is C=C(CN1CCCc2ccccc21)[B-](F)(F)F. The Kier molecular flexibility index (Phi) is 3.18. The number of para-hydroxylation sites is 1. The summed E-state index contributed by atoms with van der Waals surface area (Å²) < 4.78 is 37.5. The molecule has 0 radical (unpaired) electrons. The van der Waals surface area contributed by atoms with E-state index in [1.165, 1.54) is 0 Å². The highest BCUT2D eigenvalue weighted by Crippen LogP contribution is 2.29. The Labute approximate surface area is 99.0 Å². The van der Waals surface area contributed by atoms with Crippen molar-refractivity contribution in [3.05, 3.63) is 41.9 Å². The molecular formula is C12H14BF3N-. The second-order valence-electron chi connectivity index (χ2n) is 4.39. The van der Waals surface area contributed by atoms with E-state index < -0.39 is 12.4 Å². The standard InChI is InChI=1S/C12H14BF3N/c1-10(13(14,15)16)9-17-8-4-6-11-5-2-3-7-12(11)17/h2-3,5,7H,1,4,6,8-9H2/q-1. The Morgan fingerprint density at radius 2 is 2.00 bits per heavy atom. The Hall–Kier alpha value is -1.39. The van der Waals surface area contributed by atoms with Gasteiger partial charge in [0.2, 0.25) is 0 Å². The number of rotatable bonds is 3. The van der Waals surface area contributed by atoms with Crippen LogP contribution in [0.1, 0.15) is 12.0 Å². The number of halogens is 3. The summed E-state index contributed by atoms with van der Waals surface area (Å²) in [6, 6.07) is 7.64. The zero-order valence-corrected chi connectivity index (χ0v) is 9.50. The summed E-state index contributed by atoms with van der Waals surface area (Å²) in [6.45, 7) is -1.22. The minimum Gasteiger partial charge on any atom is -0.445 e. The molecule has 0 aliphatic carbocycles. The molecule has 0 aromatic heterocycles. The van der Waals surface area contributed by atoms with E-state index in [0.717, 1.165) is 24.1 Å². The van der Waals surface area contributed by atoms with E-state index in [1.807, 2.05) is 24.3 Å². The molecule has 0 unspecified atom stereocenters. The van der Waals surface area contributed by atoms with Gasteiger partial charge >= 0.3 is 6.98 Å². The van der Waals surface area contributed by atoms with Crippen LogP contribution in [0.25, 0.3) is 0 Å². The second kappa shape index (κ2) is 4.47. The first-order chi connectivity index (χ1) is 7.98. The number of benzene rings is 1. The molecular weight excluding hydrogens is 226 g/mol. The van der Waals surface area contributed by atoms with E-state index in [1.54, 1.807) is 4.90 Å². The third-order valence-electron chi connectivity index (χ3n) is 3.06. The quantitative estimate of drug-likeness (QED) is 0.732. The highest BCUT2D eigenvalue weighted by Gasteiger charge is 2.28. The molecule has 1 aliphatic heterocycles. The molecule has 0 saturated heterocycles. The third kappa shape index (κ3) is 2.65. The summed E-state index contributed by atoms with van der Waals surface area (Å²) in [7, 11) is 0.